The predicted octanol–water partition coefficient (Wildman–Crippen LogP) is 6.35. The molecule has 0 saturated carbocycles. The fraction of sp³-hybridized carbons (Fsp3) is 0.429. The van der Waals surface area contributed by atoms with Gasteiger partial charge in [0.15, 0.2) is 5.11 Å². The zero-order valence-electron chi connectivity index (χ0n) is 21.1. The summed E-state index contributed by atoms with van der Waals surface area (Å²) < 4.78 is 2.24. The third-order valence-electron chi connectivity index (χ3n) is 7.65. The monoisotopic (exact) mass is 507 g/mol. The summed E-state index contributed by atoms with van der Waals surface area (Å²) in [6.07, 6.45) is 3.11. The van der Waals surface area contributed by atoms with Crippen molar-refractivity contribution < 1.29 is 0 Å². The number of halogens is 1. The highest BCUT2D eigenvalue weighted by Gasteiger charge is 2.42. The summed E-state index contributed by atoms with van der Waals surface area (Å²) in [5.74, 6) is 1.33. The highest BCUT2D eigenvalue weighted by Crippen LogP contribution is 2.44. The number of anilines is 2. The minimum atomic E-state index is -0.0635. The van der Waals surface area contributed by atoms with Gasteiger partial charge in [-0.2, -0.15) is 0 Å². The second kappa shape index (κ2) is 9.47. The van der Waals surface area contributed by atoms with Crippen molar-refractivity contribution >= 4 is 40.3 Å². The Bertz CT molecular complexity index is 1230. The molecular formula is C28H34ClN5S. The van der Waals surface area contributed by atoms with Gasteiger partial charge in [-0.1, -0.05) is 31.5 Å². The SMILES string of the molecule is Cc1cc([C@@H]2[C@H](c3ccccn3)NC(=S)N2c2ccc(N3C[C@H](C)C[C@H](C)C3)c(Cl)c2)c(C)n1C. The summed E-state index contributed by atoms with van der Waals surface area (Å²) in [6, 6.07) is 14.6. The molecule has 0 radical (unpaired) electrons. The minimum absolute atomic E-state index is 0.0331. The first-order valence-electron chi connectivity index (χ1n) is 12.4. The molecule has 0 amide bonds. The first-order valence-corrected chi connectivity index (χ1v) is 13.2. The molecule has 4 heterocycles. The molecule has 2 aromatic heterocycles. The lowest BCUT2D eigenvalue weighted by molar-refractivity contribution is 0.357. The summed E-state index contributed by atoms with van der Waals surface area (Å²) in [4.78, 5) is 9.33. The van der Waals surface area contributed by atoms with E-state index in [0.29, 0.717) is 16.9 Å². The molecule has 5 nitrogen and oxygen atoms in total. The topological polar surface area (TPSA) is 36.3 Å². The van der Waals surface area contributed by atoms with Gasteiger partial charge in [0.05, 0.1) is 28.5 Å². The van der Waals surface area contributed by atoms with Crippen LogP contribution in [-0.4, -0.2) is 27.8 Å². The lowest BCUT2D eigenvalue weighted by Crippen LogP contribution is -2.38. The number of hydrogen-bond donors (Lipinski definition) is 1. The van der Waals surface area contributed by atoms with Crippen molar-refractivity contribution in [3.05, 3.63) is 76.3 Å². The molecule has 0 aliphatic carbocycles. The molecule has 35 heavy (non-hydrogen) atoms. The van der Waals surface area contributed by atoms with Crippen molar-refractivity contribution in [3.63, 3.8) is 0 Å². The second-order valence-corrected chi connectivity index (χ2v) is 11.2. The van der Waals surface area contributed by atoms with E-state index in [1.165, 1.54) is 23.4 Å². The van der Waals surface area contributed by atoms with Crippen molar-refractivity contribution in [2.75, 3.05) is 22.9 Å². The number of rotatable bonds is 4. The third kappa shape index (κ3) is 4.43. The number of nitrogens with zero attached hydrogens (tertiary/aromatic N) is 4. The van der Waals surface area contributed by atoms with E-state index >= 15 is 0 Å². The van der Waals surface area contributed by atoms with Gasteiger partial charge in [0.2, 0.25) is 0 Å². The van der Waals surface area contributed by atoms with Crippen LogP contribution in [0.3, 0.4) is 0 Å². The first-order chi connectivity index (χ1) is 16.7. The van der Waals surface area contributed by atoms with Gasteiger partial charge in [-0.25, -0.2) is 0 Å². The zero-order chi connectivity index (χ0) is 24.9. The Morgan fingerprint density at radius 1 is 1.06 bits per heavy atom. The molecule has 4 atom stereocenters. The van der Waals surface area contributed by atoms with Crippen molar-refractivity contribution in [1.29, 1.82) is 0 Å². The number of nitrogens with one attached hydrogen (secondary N) is 1. The molecule has 0 spiro atoms. The molecule has 1 N–H and O–H groups in total. The van der Waals surface area contributed by atoms with Crippen LogP contribution in [0.25, 0.3) is 0 Å². The Kier molecular flexibility index (Phi) is 6.53. The molecule has 2 aliphatic rings. The molecular weight excluding hydrogens is 474 g/mol. The van der Waals surface area contributed by atoms with Gasteiger partial charge in [-0.15, -0.1) is 0 Å². The number of hydrogen-bond acceptors (Lipinski definition) is 3. The Labute approximate surface area is 219 Å². The first kappa shape index (κ1) is 24.1. The number of aromatic nitrogens is 2. The van der Waals surface area contributed by atoms with Gasteiger partial charge in [0, 0.05) is 43.4 Å². The van der Waals surface area contributed by atoms with Crippen LogP contribution in [0.1, 0.15) is 55.0 Å². The molecule has 0 unspecified atom stereocenters. The van der Waals surface area contributed by atoms with E-state index in [-0.39, 0.29) is 12.1 Å². The summed E-state index contributed by atoms with van der Waals surface area (Å²) in [6.45, 7) is 11.0. The van der Waals surface area contributed by atoms with Crippen LogP contribution in [0.4, 0.5) is 11.4 Å². The van der Waals surface area contributed by atoms with Crippen molar-refractivity contribution in [2.24, 2.45) is 18.9 Å². The average Bonchev–Trinajstić information content (AvgIpc) is 3.29. The molecule has 0 bridgehead atoms. The third-order valence-corrected chi connectivity index (χ3v) is 8.27. The van der Waals surface area contributed by atoms with Crippen molar-refractivity contribution in [3.8, 4) is 0 Å². The lowest BCUT2D eigenvalue weighted by Gasteiger charge is -2.37. The molecule has 3 aromatic rings. The highest BCUT2D eigenvalue weighted by molar-refractivity contribution is 7.80. The van der Waals surface area contributed by atoms with E-state index in [9.17, 15) is 0 Å². The Morgan fingerprint density at radius 2 is 1.80 bits per heavy atom. The molecule has 7 heteroatoms. The summed E-state index contributed by atoms with van der Waals surface area (Å²) in [5.41, 5.74) is 6.77. The van der Waals surface area contributed by atoms with Crippen LogP contribution in [0.5, 0.6) is 0 Å². The predicted molar refractivity (Wildman–Crippen MR) is 149 cm³/mol. The maximum absolute atomic E-state index is 6.94. The van der Waals surface area contributed by atoms with Gasteiger partial charge >= 0.3 is 0 Å². The summed E-state index contributed by atoms with van der Waals surface area (Å²) in [7, 11) is 2.11. The Balaban J connectivity index is 1.56. The quantitative estimate of drug-likeness (QED) is 0.416. The van der Waals surface area contributed by atoms with Crippen LogP contribution in [-0.2, 0) is 7.05 Å². The Hall–Kier alpha value is -2.57. The van der Waals surface area contributed by atoms with Crippen molar-refractivity contribution in [2.45, 2.75) is 46.2 Å². The van der Waals surface area contributed by atoms with Gasteiger partial charge in [0.25, 0.3) is 0 Å². The van der Waals surface area contributed by atoms with Crippen LogP contribution in [0, 0.1) is 25.7 Å². The van der Waals surface area contributed by atoms with Gasteiger partial charge in [-0.3, -0.25) is 4.98 Å². The lowest BCUT2D eigenvalue weighted by atomic mass is 9.91. The Morgan fingerprint density at radius 3 is 2.40 bits per heavy atom. The van der Waals surface area contributed by atoms with Crippen LogP contribution in [0.2, 0.25) is 5.02 Å². The van der Waals surface area contributed by atoms with E-state index in [2.05, 4.69) is 89.7 Å². The van der Waals surface area contributed by atoms with Gasteiger partial charge < -0.3 is 19.7 Å². The fourth-order valence-corrected chi connectivity index (χ4v) is 6.53. The smallest absolute Gasteiger partial charge is 0.174 e. The van der Waals surface area contributed by atoms with Gasteiger partial charge in [-0.05, 0) is 86.3 Å². The molecule has 5 rings (SSSR count). The average molecular weight is 508 g/mol. The second-order valence-electron chi connectivity index (χ2n) is 10.4. The van der Waals surface area contributed by atoms with E-state index in [1.807, 2.05) is 18.3 Å². The fourth-order valence-electron chi connectivity index (χ4n) is 5.89. The zero-order valence-corrected chi connectivity index (χ0v) is 22.7. The molecule has 2 fully saturated rings. The van der Waals surface area contributed by atoms with E-state index in [4.69, 9.17) is 23.8 Å². The van der Waals surface area contributed by atoms with E-state index < -0.39 is 0 Å². The minimum Gasteiger partial charge on any atom is -0.370 e. The summed E-state index contributed by atoms with van der Waals surface area (Å²) >= 11 is 12.9. The number of piperidine rings is 1. The maximum Gasteiger partial charge on any atom is 0.174 e. The van der Waals surface area contributed by atoms with E-state index in [0.717, 1.165) is 35.2 Å². The van der Waals surface area contributed by atoms with E-state index in [1.54, 1.807) is 0 Å². The van der Waals surface area contributed by atoms with Crippen LogP contribution in [0.15, 0.2) is 48.7 Å². The van der Waals surface area contributed by atoms with Gasteiger partial charge in [0.1, 0.15) is 0 Å². The van der Waals surface area contributed by atoms with Crippen LogP contribution >= 0.6 is 23.8 Å². The largest absolute Gasteiger partial charge is 0.370 e. The highest BCUT2D eigenvalue weighted by atomic mass is 35.5. The van der Waals surface area contributed by atoms with Crippen LogP contribution < -0.4 is 15.1 Å². The number of pyridine rings is 1. The number of aryl methyl sites for hydroxylation is 1. The van der Waals surface area contributed by atoms with Crippen molar-refractivity contribution in [1.82, 2.24) is 14.9 Å². The standard InChI is InChI=1S/C28H34ClN5S/c1-17-12-18(2)16-33(15-17)25-10-9-21(14-23(25)29)34-27(22-13-19(3)32(5)20(22)4)26(31-28(34)35)24-8-6-7-11-30-24/h6-11,13-14,17-18,26-27H,12,15-16H2,1-5H3,(H,31,35)/t17-,18+,26-,27+/m0/s1. The molecule has 1 aromatic carbocycles. The normalized spacial score (nSPS) is 24.7. The molecule has 2 saturated heterocycles. The molecule has 184 valence electrons. The molecule has 2 aliphatic heterocycles. The maximum atomic E-state index is 6.94. The number of benzene rings is 1. The number of thiocarbonyl (C=S) groups is 1. The summed E-state index contributed by atoms with van der Waals surface area (Å²) in [5, 5.41) is 5.03.